The van der Waals surface area contributed by atoms with Gasteiger partial charge >= 0.3 is 0 Å². The number of para-hydroxylation sites is 1. The normalized spacial score (nSPS) is 11.6. The lowest BCUT2D eigenvalue weighted by molar-refractivity contribution is 1.39. The second kappa shape index (κ2) is 11.5. The number of hydrogen-bond donors (Lipinski definition) is 0. The van der Waals surface area contributed by atoms with Gasteiger partial charge in [0.1, 0.15) is 0 Å². The van der Waals surface area contributed by atoms with E-state index in [0.29, 0.717) is 0 Å². The van der Waals surface area contributed by atoms with Gasteiger partial charge in [0.15, 0.2) is 0 Å². The van der Waals surface area contributed by atoms with Crippen molar-refractivity contribution in [2.24, 2.45) is 0 Å². The molecule has 0 aliphatic rings. The Balaban J connectivity index is 1.12. The minimum absolute atomic E-state index is 0.922. The van der Waals surface area contributed by atoms with E-state index in [0.717, 1.165) is 49.5 Å². The van der Waals surface area contributed by atoms with Crippen LogP contribution in [-0.2, 0) is 0 Å². The number of rotatable bonds is 4. The van der Waals surface area contributed by atoms with Crippen LogP contribution in [0.4, 0.5) is 0 Å². The highest BCUT2D eigenvalue weighted by atomic mass is 14.8. The summed E-state index contributed by atoms with van der Waals surface area (Å²) in [5.41, 5.74) is 12.1. The van der Waals surface area contributed by atoms with Gasteiger partial charge in [-0.05, 0) is 67.6 Å². The largest absolute Gasteiger partial charge is 0.245 e. The molecular weight excluding hydrogens is 605 g/mol. The molecule has 2 heterocycles. The molecular formula is C48H30N2. The third kappa shape index (κ3) is 4.65. The number of hydrogen-bond acceptors (Lipinski definition) is 2. The lowest BCUT2D eigenvalue weighted by Crippen LogP contribution is -1.93. The first-order valence-corrected chi connectivity index (χ1v) is 17.1. The minimum atomic E-state index is 0.922. The highest BCUT2D eigenvalue weighted by Gasteiger charge is 2.16. The molecule has 2 heteroatoms. The highest BCUT2D eigenvalue weighted by Crippen LogP contribution is 2.40. The molecule has 0 radical (unpaired) electrons. The lowest BCUT2D eigenvalue weighted by Gasteiger charge is -2.15. The van der Waals surface area contributed by atoms with E-state index in [2.05, 4.69) is 176 Å². The SMILES string of the molecule is c1ccc(-c2ccc3ccc4c(-c5ccc(-c6c7ccccc7nc7c6ccc6ccc(-c8ccccc8)nc67)cc5)cccc4c3c2)cc1. The standard InChI is InChI=1S/C48H30N2/c1-3-10-31(11-4-1)37-23-20-33-24-27-40-38(15-9-16-39(40)43(33)30-37)32-18-21-35(22-19-32)46-41-14-7-8-17-45(41)50-48-42(46)28-25-36-26-29-44(49-47(36)48)34-12-5-2-6-13-34/h1-30H. The number of pyridine rings is 2. The summed E-state index contributed by atoms with van der Waals surface area (Å²) in [5.74, 6) is 0. The van der Waals surface area contributed by atoms with Crippen LogP contribution >= 0.6 is 0 Å². The molecule has 10 aromatic rings. The fourth-order valence-corrected chi connectivity index (χ4v) is 7.58. The third-order valence-corrected chi connectivity index (χ3v) is 10.1. The molecule has 2 nitrogen and oxygen atoms in total. The predicted octanol–water partition coefficient (Wildman–Crippen LogP) is 12.9. The molecule has 232 valence electrons. The number of nitrogens with zero attached hydrogens (tertiary/aromatic N) is 2. The summed E-state index contributed by atoms with van der Waals surface area (Å²) >= 11 is 0. The first-order valence-electron chi connectivity index (χ1n) is 17.1. The Morgan fingerprint density at radius 2 is 0.940 bits per heavy atom. The smallest absolute Gasteiger partial charge is 0.0978 e. The first-order chi connectivity index (χ1) is 24.8. The Bertz CT molecular complexity index is 2890. The summed E-state index contributed by atoms with van der Waals surface area (Å²) in [6.45, 7) is 0. The van der Waals surface area contributed by atoms with Gasteiger partial charge in [0.05, 0.1) is 22.2 Å². The second-order valence-electron chi connectivity index (χ2n) is 12.9. The van der Waals surface area contributed by atoms with Gasteiger partial charge in [-0.2, -0.15) is 0 Å². The van der Waals surface area contributed by atoms with Crippen LogP contribution in [0.5, 0.6) is 0 Å². The molecule has 10 rings (SSSR count). The Morgan fingerprint density at radius 3 is 1.78 bits per heavy atom. The number of aromatic nitrogens is 2. The fraction of sp³-hybridized carbons (Fsp3) is 0. The molecule has 0 aliphatic carbocycles. The first kappa shape index (κ1) is 28.4. The van der Waals surface area contributed by atoms with Crippen molar-refractivity contribution >= 4 is 54.3 Å². The van der Waals surface area contributed by atoms with Crippen LogP contribution in [0.3, 0.4) is 0 Å². The summed E-state index contributed by atoms with van der Waals surface area (Å²) in [6.07, 6.45) is 0. The van der Waals surface area contributed by atoms with Gasteiger partial charge in [0.2, 0.25) is 0 Å². The molecule has 0 saturated heterocycles. The molecule has 0 fully saturated rings. The predicted molar refractivity (Wildman–Crippen MR) is 211 cm³/mol. The number of fused-ring (bicyclic) bond motifs is 7. The summed E-state index contributed by atoms with van der Waals surface area (Å²) in [7, 11) is 0. The zero-order valence-electron chi connectivity index (χ0n) is 27.2. The summed E-state index contributed by atoms with van der Waals surface area (Å²) in [5, 5.41) is 8.37. The average Bonchev–Trinajstić information content (AvgIpc) is 3.20. The monoisotopic (exact) mass is 634 g/mol. The summed E-state index contributed by atoms with van der Waals surface area (Å²) < 4.78 is 0. The highest BCUT2D eigenvalue weighted by molar-refractivity contribution is 6.17. The van der Waals surface area contributed by atoms with Crippen LogP contribution in [0.25, 0.3) is 98.9 Å². The Morgan fingerprint density at radius 1 is 0.300 bits per heavy atom. The van der Waals surface area contributed by atoms with Crippen molar-refractivity contribution in [1.29, 1.82) is 0 Å². The van der Waals surface area contributed by atoms with E-state index < -0.39 is 0 Å². The maximum Gasteiger partial charge on any atom is 0.0978 e. The van der Waals surface area contributed by atoms with E-state index in [1.807, 2.05) is 6.07 Å². The van der Waals surface area contributed by atoms with Crippen molar-refractivity contribution < 1.29 is 0 Å². The Labute approximate surface area is 290 Å². The molecule has 50 heavy (non-hydrogen) atoms. The molecule has 0 atom stereocenters. The maximum atomic E-state index is 5.21. The zero-order chi connectivity index (χ0) is 33.0. The van der Waals surface area contributed by atoms with Gasteiger partial charge in [-0.3, -0.25) is 0 Å². The van der Waals surface area contributed by atoms with Crippen LogP contribution in [0, 0.1) is 0 Å². The molecule has 0 amide bonds. The van der Waals surface area contributed by atoms with Crippen LogP contribution in [-0.4, -0.2) is 9.97 Å². The zero-order valence-corrected chi connectivity index (χ0v) is 27.2. The minimum Gasteiger partial charge on any atom is -0.245 e. The van der Waals surface area contributed by atoms with Crippen molar-refractivity contribution in [1.82, 2.24) is 9.97 Å². The molecule has 0 saturated carbocycles. The van der Waals surface area contributed by atoms with Gasteiger partial charge in [-0.1, -0.05) is 164 Å². The van der Waals surface area contributed by atoms with E-state index in [1.54, 1.807) is 0 Å². The molecule has 0 unspecified atom stereocenters. The second-order valence-corrected chi connectivity index (χ2v) is 12.9. The van der Waals surface area contributed by atoms with Crippen LogP contribution in [0.15, 0.2) is 182 Å². The summed E-state index contributed by atoms with van der Waals surface area (Å²) in [6, 6.07) is 65.1. The fourth-order valence-electron chi connectivity index (χ4n) is 7.58. The Kier molecular flexibility index (Phi) is 6.53. The third-order valence-electron chi connectivity index (χ3n) is 10.1. The topological polar surface area (TPSA) is 25.8 Å². The van der Waals surface area contributed by atoms with E-state index in [-0.39, 0.29) is 0 Å². The van der Waals surface area contributed by atoms with Crippen molar-refractivity contribution in [3.63, 3.8) is 0 Å². The maximum absolute atomic E-state index is 5.21. The van der Waals surface area contributed by atoms with Crippen molar-refractivity contribution in [3.05, 3.63) is 182 Å². The van der Waals surface area contributed by atoms with Crippen LogP contribution in [0.1, 0.15) is 0 Å². The molecule has 0 spiro atoms. The van der Waals surface area contributed by atoms with E-state index in [9.17, 15) is 0 Å². The average molecular weight is 635 g/mol. The van der Waals surface area contributed by atoms with E-state index in [4.69, 9.17) is 9.97 Å². The lowest BCUT2D eigenvalue weighted by atomic mass is 9.91. The van der Waals surface area contributed by atoms with Crippen LogP contribution in [0.2, 0.25) is 0 Å². The quantitative estimate of drug-likeness (QED) is 0.142. The van der Waals surface area contributed by atoms with Gasteiger partial charge in [0, 0.05) is 27.3 Å². The molecule has 0 bridgehead atoms. The van der Waals surface area contributed by atoms with Gasteiger partial charge in [0.25, 0.3) is 0 Å². The van der Waals surface area contributed by atoms with Gasteiger partial charge in [-0.15, -0.1) is 0 Å². The molecule has 2 aromatic heterocycles. The number of benzene rings is 8. The van der Waals surface area contributed by atoms with Gasteiger partial charge < -0.3 is 0 Å². The molecule has 0 aliphatic heterocycles. The molecule has 0 N–H and O–H groups in total. The summed E-state index contributed by atoms with van der Waals surface area (Å²) in [4.78, 5) is 10.4. The van der Waals surface area contributed by atoms with Gasteiger partial charge in [-0.25, -0.2) is 9.97 Å². The Hall–Kier alpha value is -6.64. The molecule has 8 aromatic carbocycles. The van der Waals surface area contributed by atoms with Crippen molar-refractivity contribution in [2.45, 2.75) is 0 Å². The van der Waals surface area contributed by atoms with E-state index in [1.165, 1.54) is 49.4 Å². The van der Waals surface area contributed by atoms with Crippen LogP contribution < -0.4 is 0 Å². The van der Waals surface area contributed by atoms with E-state index >= 15 is 0 Å². The van der Waals surface area contributed by atoms with Crippen molar-refractivity contribution in [3.8, 4) is 44.6 Å². The van der Waals surface area contributed by atoms with Crippen molar-refractivity contribution in [2.75, 3.05) is 0 Å².